The summed E-state index contributed by atoms with van der Waals surface area (Å²) >= 11 is 0. The van der Waals surface area contributed by atoms with Crippen molar-refractivity contribution in [1.29, 1.82) is 0 Å². The Morgan fingerprint density at radius 3 is 2.40 bits per heavy atom. The molecule has 0 bridgehead atoms. The van der Waals surface area contributed by atoms with Crippen molar-refractivity contribution >= 4 is 17.8 Å². The van der Waals surface area contributed by atoms with E-state index in [1.54, 1.807) is 19.9 Å². The molecule has 2 aromatic carbocycles. The third kappa shape index (κ3) is 4.60. The van der Waals surface area contributed by atoms with Gasteiger partial charge < -0.3 is 20.1 Å². The molecule has 0 aromatic heterocycles. The fourth-order valence-electron chi connectivity index (χ4n) is 2.14. The summed E-state index contributed by atoms with van der Waals surface area (Å²) in [5.41, 5.74) is 0.656. The predicted molar refractivity (Wildman–Crippen MR) is 92.3 cm³/mol. The quantitative estimate of drug-likeness (QED) is 0.548. The highest BCUT2D eigenvalue weighted by Crippen LogP contribution is 2.26. The maximum atomic E-state index is 12.2. The van der Waals surface area contributed by atoms with Crippen molar-refractivity contribution in [3.05, 3.63) is 59.2 Å². The van der Waals surface area contributed by atoms with Gasteiger partial charge >= 0.3 is 5.97 Å². The average Bonchev–Trinajstić information content (AvgIpc) is 2.52. The number of ketones is 1. The first-order chi connectivity index (χ1) is 11.8. The lowest BCUT2D eigenvalue weighted by atomic mass is 10.1. The summed E-state index contributed by atoms with van der Waals surface area (Å²) < 4.78 is 5.61. The highest BCUT2D eigenvalue weighted by molar-refractivity contribution is 6.08. The SMILES string of the molecule is CC(C)Oc1cc(C(=O)O)ccc1/C=C/C(=O)c1ccc(O)cc1O. The number of carbonyl (C=O) groups is 2. The first-order valence-corrected chi connectivity index (χ1v) is 7.56. The normalized spacial score (nSPS) is 11.0. The van der Waals surface area contributed by atoms with Gasteiger partial charge in [-0.3, -0.25) is 4.79 Å². The Labute approximate surface area is 144 Å². The van der Waals surface area contributed by atoms with Crippen LogP contribution in [-0.2, 0) is 0 Å². The molecule has 0 aliphatic carbocycles. The third-order valence-corrected chi connectivity index (χ3v) is 3.28. The molecule has 6 heteroatoms. The van der Waals surface area contributed by atoms with E-state index in [2.05, 4.69) is 0 Å². The summed E-state index contributed by atoms with van der Waals surface area (Å²) in [4.78, 5) is 23.3. The molecule has 0 saturated heterocycles. The van der Waals surface area contributed by atoms with Crippen LogP contribution in [0.4, 0.5) is 0 Å². The fourth-order valence-corrected chi connectivity index (χ4v) is 2.14. The first-order valence-electron chi connectivity index (χ1n) is 7.56. The second kappa shape index (κ2) is 7.53. The molecule has 0 amide bonds. The predicted octanol–water partition coefficient (Wildman–Crippen LogP) is 3.48. The topological polar surface area (TPSA) is 104 Å². The van der Waals surface area contributed by atoms with Gasteiger partial charge in [-0.25, -0.2) is 4.79 Å². The summed E-state index contributed by atoms with van der Waals surface area (Å²) in [6, 6.07) is 8.05. The van der Waals surface area contributed by atoms with E-state index >= 15 is 0 Å². The molecule has 0 spiro atoms. The maximum absolute atomic E-state index is 12.2. The van der Waals surface area contributed by atoms with Gasteiger partial charge in [0, 0.05) is 11.6 Å². The summed E-state index contributed by atoms with van der Waals surface area (Å²) in [5.74, 6) is -1.66. The molecule has 0 fully saturated rings. The van der Waals surface area contributed by atoms with Crippen molar-refractivity contribution in [2.24, 2.45) is 0 Å². The van der Waals surface area contributed by atoms with Gasteiger partial charge in [0.2, 0.25) is 0 Å². The van der Waals surface area contributed by atoms with Gasteiger partial charge in [0.05, 0.1) is 17.2 Å². The minimum Gasteiger partial charge on any atom is -0.508 e. The van der Waals surface area contributed by atoms with Crippen LogP contribution < -0.4 is 4.74 Å². The van der Waals surface area contributed by atoms with Crippen LogP contribution in [-0.4, -0.2) is 33.2 Å². The first kappa shape index (κ1) is 18.1. The standard InChI is InChI=1S/C19H18O6/c1-11(2)25-18-9-13(19(23)24)4-3-12(18)5-8-16(21)15-7-6-14(20)10-17(15)22/h3-11,20,22H,1-2H3,(H,23,24)/b8-5+. The molecule has 0 saturated carbocycles. The number of carbonyl (C=O) groups excluding carboxylic acids is 1. The minimum atomic E-state index is -1.07. The van der Waals surface area contributed by atoms with Gasteiger partial charge in [-0.15, -0.1) is 0 Å². The Kier molecular flexibility index (Phi) is 5.44. The monoisotopic (exact) mass is 342 g/mol. The summed E-state index contributed by atoms with van der Waals surface area (Å²) in [6.45, 7) is 3.61. The number of rotatable bonds is 6. The Balaban J connectivity index is 2.32. The van der Waals surface area contributed by atoms with Crippen LogP contribution in [0.25, 0.3) is 6.08 Å². The van der Waals surface area contributed by atoms with Crippen molar-refractivity contribution in [2.45, 2.75) is 20.0 Å². The number of carboxylic acids is 1. The number of allylic oxidation sites excluding steroid dienone is 1. The third-order valence-electron chi connectivity index (χ3n) is 3.28. The number of aromatic hydroxyl groups is 2. The van der Waals surface area contributed by atoms with Crippen LogP contribution in [0.2, 0.25) is 0 Å². The number of hydrogen-bond donors (Lipinski definition) is 3. The number of ether oxygens (including phenoxy) is 1. The van der Waals surface area contributed by atoms with Gasteiger partial charge in [0.1, 0.15) is 17.2 Å². The maximum Gasteiger partial charge on any atom is 0.335 e. The molecule has 0 atom stereocenters. The minimum absolute atomic E-state index is 0.0440. The van der Waals surface area contributed by atoms with E-state index in [-0.39, 0.29) is 28.7 Å². The smallest absolute Gasteiger partial charge is 0.335 e. The molecule has 0 heterocycles. The number of carboxylic acid groups (broad SMARTS) is 1. The Hall–Kier alpha value is -3.28. The van der Waals surface area contributed by atoms with Crippen LogP contribution >= 0.6 is 0 Å². The Morgan fingerprint density at radius 2 is 1.80 bits per heavy atom. The lowest BCUT2D eigenvalue weighted by Gasteiger charge is -2.13. The molecule has 2 aromatic rings. The average molecular weight is 342 g/mol. The highest BCUT2D eigenvalue weighted by Gasteiger charge is 2.12. The van der Waals surface area contributed by atoms with Crippen LogP contribution in [0.1, 0.15) is 40.1 Å². The van der Waals surface area contributed by atoms with E-state index in [0.29, 0.717) is 11.3 Å². The summed E-state index contributed by atoms with van der Waals surface area (Å²) in [6.07, 6.45) is 2.56. The molecule has 0 aliphatic rings. The van der Waals surface area contributed by atoms with Crippen LogP contribution in [0.5, 0.6) is 17.2 Å². The zero-order valence-corrected chi connectivity index (χ0v) is 13.8. The second-order valence-electron chi connectivity index (χ2n) is 5.62. The summed E-state index contributed by atoms with van der Waals surface area (Å²) in [5, 5.41) is 28.1. The Bertz CT molecular complexity index is 836. The molecule has 0 radical (unpaired) electrons. The van der Waals surface area contributed by atoms with Crippen LogP contribution in [0, 0.1) is 0 Å². The van der Waals surface area contributed by atoms with Crippen LogP contribution in [0.3, 0.4) is 0 Å². The lowest BCUT2D eigenvalue weighted by molar-refractivity contribution is 0.0695. The molecule has 2 rings (SSSR count). The summed E-state index contributed by atoms with van der Waals surface area (Å²) in [7, 11) is 0. The van der Waals surface area contributed by atoms with Gasteiger partial charge in [0.15, 0.2) is 5.78 Å². The molecule has 0 unspecified atom stereocenters. The number of benzene rings is 2. The molecule has 0 aliphatic heterocycles. The van der Waals surface area contributed by atoms with Crippen molar-refractivity contribution < 1.29 is 29.6 Å². The zero-order chi connectivity index (χ0) is 18.6. The number of phenols is 2. The number of aromatic carboxylic acids is 1. The van der Waals surface area contributed by atoms with E-state index in [1.807, 2.05) is 0 Å². The fraction of sp³-hybridized carbons (Fsp3) is 0.158. The van der Waals surface area contributed by atoms with E-state index in [9.17, 15) is 19.8 Å². The molecular weight excluding hydrogens is 324 g/mol. The molecule has 25 heavy (non-hydrogen) atoms. The molecule has 3 N–H and O–H groups in total. The largest absolute Gasteiger partial charge is 0.508 e. The number of hydrogen-bond acceptors (Lipinski definition) is 5. The van der Waals surface area contributed by atoms with E-state index in [4.69, 9.17) is 9.84 Å². The molecule has 130 valence electrons. The second-order valence-corrected chi connectivity index (χ2v) is 5.62. The zero-order valence-electron chi connectivity index (χ0n) is 13.8. The van der Waals surface area contributed by atoms with Crippen molar-refractivity contribution in [2.75, 3.05) is 0 Å². The Morgan fingerprint density at radius 1 is 1.08 bits per heavy atom. The highest BCUT2D eigenvalue weighted by atomic mass is 16.5. The molecular formula is C19H18O6. The van der Waals surface area contributed by atoms with Gasteiger partial charge in [-0.05, 0) is 50.3 Å². The van der Waals surface area contributed by atoms with Crippen molar-refractivity contribution in [3.8, 4) is 17.2 Å². The lowest BCUT2D eigenvalue weighted by Crippen LogP contribution is -2.08. The van der Waals surface area contributed by atoms with Crippen molar-refractivity contribution in [3.63, 3.8) is 0 Å². The van der Waals surface area contributed by atoms with E-state index < -0.39 is 11.8 Å². The van der Waals surface area contributed by atoms with E-state index in [0.717, 1.165) is 6.07 Å². The van der Waals surface area contributed by atoms with Gasteiger partial charge in [-0.2, -0.15) is 0 Å². The van der Waals surface area contributed by atoms with E-state index in [1.165, 1.54) is 36.4 Å². The van der Waals surface area contributed by atoms with Crippen molar-refractivity contribution in [1.82, 2.24) is 0 Å². The van der Waals surface area contributed by atoms with Gasteiger partial charge in [-0.1, -0.05) is 6.07 Å². The van der Waals surface area contributed by atoms with Crippen LogP contribution in [0.15, 0.2) is 42.5 Å². The van der Waals surface area contributed by atoms with Gasteiger partial charge in [0.25, 0.3) is 0 Å². The molecule has 6 nitrogen and oxygen atoms in total. The number of phenolic OH excluding ortho intramolecular Hbond substituents is 2.